The van der Waals surface area contributed by atoms with Gasteiger partial charge in [0.1, 0.15) is 12.4 Å². The van der Waals surface area contributed by atoms with E-state index in [0.717, 1.165) is 15.1 Å². The summed E-state index contributed by atoms with van der Waals surface area (Å²) in [6.45, 7) is 0.521. The fourth-order valence-corrected chi connectivity index (χ4v) is 1.96. The molecule has 0 fully saturated rings. The van der Waals surface area contributed by atoms with Crippen LogP contribution in [-0.2, 0) is 6.61 Å². The SMILES string of the molecule is Nc1ccc(Br)c(OCc2cncs2)c1. The van der Waals surface area contributed by atoms with Crippen molar-refractivity contribution in [3.8, 4) is 5.75 Å². The van der Waals surface area contributed by atoms with Gasteiger partial charge in [0.05, 0.1) is 14.9 Å². The third-order valence-corrected chi connectivity index (χ3v) is 3.22. The van der Waals surface area contributed by atoms with Crippen LogP contribution in [0.5, 0.6) is 5.75 Å². The highest BCUT2D eigenvalue weighted by Gasteiger charge is 2.02. The lowest BCUT2D eigenvalue weighted by Crippen LogP contribution is -1.95. The van der Waals surface area contributed by atoms with Gasteiger partial charge in [-0.05, 0) is 28.1 Å². The number of rotatable bonds is 3. The minimum atomic E-state index is 0.521. The van der Waals surface area contributed by atoms with Crippen molar-refractivity contribution in [3.63, 3.8) is 0 Å². The molecule has 1 aromatic heterocycles. The minimum absolute atomic E-state index is 0.521. The van der Waals surface area contributed by atoms with Crippen LogP contribution in [0.15, 0.2) is 34.4 Å². The van der Waals surface area contributed by atoms with Crippen molar-refractivity contribution < 1.29 is 4.74 Å². The Morgan fingerprint density at radius 2 is 2.33 bits per heavy atom. The number of ether oxygens (including phenoxy) is 1. The molecule has 0 spiro atoms. The van der Waals surface area contributed by atoms with Gasteiger partial charge in [-0.1, -0.05) is 0 Å². The Bertz CT molecular complexity index is 445. The molecule has 3 nitrogen and oxygen atoms in total. The first-order valence-corrected chi connectivity index (χ1v) is 5.98. The van der Waals surface area contributed by atoms with E-state index in [1.165, 1.54) is 0 Å². The highest BCUT2D eigenvalue weighted by Crippen LogP contribution is 2.27. The van der Waals surface area contributed by atoms with Crippen molar-refractivity contribution in [1.82, 2.24) is 4.98 Å². The van der Waals surface area contributed by atoms with Crippen molar-refractivity contribution >= 4 is 33.0 Å². The maximum Gasteiger partial charge on any atom is 0.136 e. The lowest BCUT2D eigenvalue weighted by Gasteiger charge is -2.07. The first kappa shape index (κ1) is 10.4. The predicted octanol–water partition coefficient (Wildman–Crippen LogP) is 3.07. The van der Waals surface area contributed by atoms with Gasteiger partial charge in [-0.15, -0.1) is 11.3 Å². The van der Waals surface area contributed by atoms with E-state index in [4.69, 9.17) is 10.5 Å². The number of anilines is 1. The monoisotopic (exact) mass is 284 g/mol. The van der Waals surface area contributed by atoms with Gasteiger partial charge in [0, 0.05) is 18.0 Å². The van der Waals surface area contributed by atoms with Gasteiger partial charge in [-0.3, -0.25) is 4.98 Å². The molecule has 0 saturated heterocycles. The van der Waals surface area contributed by atoms with Gasteiger partial charge in [-0.25, -0.2) is 0 Å². The average Bonchev–Trinajstić information content (AvgIpc) is 2.72. The summed E-state index contributed by atoms with van der Waals surface area (Å²) in [6.07, 6.45) is 1.80. The lowest BCUT2D eigenvalue weighted by atomic mass is 10.3. The number of aromatic nitrogens is 1. The van der Waals surface area contributed by atoms with E-state index in [-0.39, 0.29) is 0 Å². The standard InChI is InChI=1S/C10H9BrN2OS/c11-9-2-1-7(12)3-10(9)14-5-8-4-13-6-15-8/h1-4,6H,5,12H2. The molecule has 78 valence electrons. The molecule has 2 aromatic rings. The fourth-order valence-electron chi connectivity index (χ4n) is 1.09. The number of hydrogen-bond acceptors (Lipinski definition) is 4. The first-order valence-electron chi connectivity index (χ1n) is 4.31. The van der Waals surface area contributed by atoms with Crippen LogP contribution in [0.3, 0.4) is 0 Å². The summed E-state index contributed by atoms with van der Waals surface area (Å²) in [7, 11) is 0. The van der Waals surface area contributed by atoms with E-state index in [9.17, 15) is 0 Å². The summed E-state index contributed by atoms with van der Waals surface area (Å²) >= 11 is 4.97. The molecule has 0 unspecified atom stereocenters. The molecule has 1 heterocycles. The molecule has 0 amide bonds. The Hall–Kier alpha value is -1.07. The van der Waals surface area contributed by atoms with Crippen molar-refractivity contribution in [2.24, 2.45) is 0 Å². The van der Waals surface area contributed by atoms with Crippen molar-refractivity contribution in [2.45, 2.75) is 6.61 Å². The molecule has 0 atom stereocenters. The zero-order valence-corrected chi connectivity index (χ0v) is 10.2. The third kappa shape index (κ3) is 2.70. The Morgan fingerprint density at radius 3 is 3.07 bits per heavy atom. The predicted molar refractivity (Wildman–Crippen MR) is 65.0 cm³/mol. The molecule has 2 rings (SSSR count). The summed E-state index contributed by atoms with van der Waals surface area (Å²) in [4.78, 5) is 5.06. The van der Waals surface area contributed by atoms with E-state index in [1.807, 2.05) is 12.1 Å². The number of nitrogens with zero attached hydrogens (tertiary/aromatic N) is 1. The van der Waals surface area contributed by atoms with Crippen LogP contribution < -0.4 is 10.5 Å². The molecule has 0 aliphatic heterocycles. The Morgan fingerprint density at radius 1 is 1.47 bits per heavy atom. The smallest absolute Gasteiger partial charge is 0.136 e. The molecule has 15 heavy (non-hydrogen) atoms. The number of hydrogen-bond donors (Lipinski definition) is 1. The van der Waals surface area contributed by atoms with Gasteiger partial charge < -0.3 is 10.5 Å². The second kappa shape index (κ2) is 4.63. The first-order chi connectivity index (χ1) is 7.25. The van der Waals surface area contributed by atoms with Crippen LogP contribution in [0.2, 0.25) is 0 Å². The Labute approximate surface area is 100 Å². The highest BCUT2D eigenvalue weighted by atomic mass is 79.9. The highest BCUT2D eigenvalue weighted by molar-refractivity contribution is 9.10. The van der Waals surface area contributed by atoms with Gasteiger partial charge in [-0.2, -0.15) is 0 Å². The van der Waals surface area contributed by atoms with Crippen LogP contribution >= 0.6 is 27.3 Å². The minimum Gasteiger partial charge on any atom is -0.487 e. The van der Waals surface area contributed by atoms with Crippen LogP contribution in [0, 0.1) is 0 Å². The summed E-state index contributed by atoms with van der Waals surface area (Å²) in [6, 6.07) is 5.49. The molecular formula is C10H9BrN2OS. The average molecular weight is 285 g/mol. The molecule has 0 saturated carbocycles. The summed E-state index contributed by atoms with van der Waals surface area (Å²) in [5.74, 6) is 0.753. The number of halogens is 1. The Balaban J connectivity index is 2.07. The molecule has 1 aromatic carbocycles. The molecule has 0 bridgehead atoms. The van der Waals surface area contributed by atoms with Crippen LogP contribution in [-0.4, -0.2) is 4.98 Å². The van der Waals surface area contributed by atoms with Crippen LogP contribution in [0.25, 0.3) is 0 Å². The largest absolute Gasteiger partial charge is 0.487 e. The fraction of sp³-hybridized carbons (Fsp3) is 0.100. The second-order valence-electron chi connectivity index (χ2n) is 2.95. The van der Waals surface area contributed by atoms with Gasteiger partial charge >= 0.3 is 0 Å². The molecule has 0 radical (unpaired) electrons. The number of nitrogen functional groups attached to an aromatic ring is 1. The van der Waals surface area contributed by atoms with Crippen LogP contribution in [0.1, 0.15) is 4.88 Å². The van der Waals surface area contributed by atoms with Crippen molar-refractivity contribution in [2.75, 3.05) is 5.73 Å². The topological polar surface area (TPSA) is 48.1 Å². The van der Waals surface area contributed by atoms with Gasteiger partial charge in [0.15, 0.2) is 0 Å². The molecule has 5 heteroatoms. The molecular weight excluding hydrogens is 276 g/mol. The van der Waals surface area contributed by atoms with Crippen molar-refractivity contribution in [1.29, 1.82) is 0 Å². The molecule has 0 aliphatic carbocycles. The summed E-state index contributed by atoms with van der Waals surface area (Å²) < 4.78 is 6.51. The molecule has 2 N–H and O–H groups in total. The number of nitrogens with two attached hydrogens (primary N) is 1. The zero-order valence-electron chi connectivity index (χ0n) is 7.81. The van der Waals surface area contributed by atoms with E-state index in [1.54, 1.807) is 29.1 Å². The summed E-state index contributed by atoms with van der Waals surface area (Å²) in [5.41, 5.74) is 8.14. The number of thiazole rings is 1. The normalized spacial score (nSPS) is 10.2. The summed E-state index contributed by atoms with van der Waals surface area (Å²) in [5, 5.41) is 0. The molecule has 0 aliphatic rings. The van der Waals surface area contributed by atoms with Crippen LogP contribution in [0.4, 0.5) is 5.69 Å². The Kier molecular flexibility index (Phi) is 3.23. The second-order valence-corrected chi connectivity index (χ2v) is 4.77. The number of benzene rings is 1. The van der Waals surface area contributed by atoms with E-state index < -0.39 is 0 Å². The quantitative estimate of drug-likeness (QED) is 0.882. The van der Waals surface area contributed by atoms with E-state index in [2.05, 4.69) is 20.9 Å². The lowest BCUT2D eigenvalue weighted by molar-refractivity contribution is 0.308. The van der Waals surface area contributed by atoms with E-state index >= 15 is 0 Å². The van der Waals surface area contributed by atoms with Crippen molar-refractivity contribution in [3.05, 3.63) is 39.3 Å². The zero-order chi connectivity index (χ0) is 10.7. The maximum absolute atomic E-state index is 5.67. The van der Waals surface area contributed by atoms with E-state index in [0.29, 0.717) is 12.3 Å². The maximum atomic E-state index is 5.67. The van der Waals surface area contributed by atoms with Gasteiger partial charge in [0.25, 0.3) is 0 Å². The van der Waals surface area contributed by atoms with Gasteiger partial charge in [0.2, 0.25) is 0 Å². The third-order valence-electron chi connectivity index (χ3n) is 1.81.